The van der Waals surface area contributed by atoms with Crippen LogP contribution in [0.1, 0.15) is 26.7 Å². The summed E-state index contributed by atoms with van der Waals surface area (Å²) in [7, 11) is 1.63. The van der Waals surface area contributed by atoms with Crippen LogP contribution in [0.2, 0.25) is 0 Å². The molecule has 106 valence electrons. The molecule has 1 aliphatic rings. The van der Waals surface area contributed by atoms with Gasteiger partial charge in [0, 0.05) is 26.2 Å². The number of nitrogens with zero attached hydrogens (tertiary/aromatic N) is 1. The highest BCUT2D eigenvalue weighted by atomic mass is 16.5. The minimum Gasteiger partial charge on any atom is -0.383 e. The van der Waals surface area contributed by atoms with Gasteiger partial charge in [0.2, 0.25) is 5.91 Å². The summed E-state index contributed by atoms with van der Waals surface area (Å²) < 4.78 is 4.90. The smallest absolute Gasteiger partial charge is 0.236 e. The Morgan fingerprint density at radius 3 is 3.00 bits per heavy atom. The van der Waals surface area contributed by atoms with E-state index in [4.69, 9.17) is 4.74 Å². The number of carbonyl (C=O) groups is 1. The van der Waals surface area contributed by atoms with E-state index in [2.05, 4.69) is 22.5 Å². The summed E-state index contributed by atoms with van der Waals surface area (Å²) in [6.07, 6.45) is 2.51. The number of amides is 1. The molecule has 1 fully saturated rings. The van der Waals surface area contributed by atoms with Gasteiger partial charge in [-0.05, 0) is 32.9 Å². The van der Waals surface area contributed by atoms with Crippen LogP contribution in [0.3, 0.4) is 0 Å². The SMILES string of the molecule is CCN1CCCC1CNC(C)C(=O)NCCOC. The quantitative estimate of drug-likeness (QED) is 0.611. The van der Waals surface area contributed by atoms with Crippen LogP contribution in [0.25, 0.3) is 0 Å². The van der Waals surface area contributed by atoms with Crippen molar-refractivity contribution in [2.75, 3.05) is 39.9 Å². The summed E-state index contributed by atoms with van der Waals surface area (Å²) in [5, 5.41) is 6.16. The number of rotatable bonds is 8. The van der Waals surface area contributed by atoms with Gasteiger partial charge in [-0.3, -0.25) is 9.69 Å². The highest BCUT2D eigenvalue weighted by molar-refractivity contribution is 5.81. The first kappa shape index (κ1) is 15.4. The minimum absolute atomic E-state index is 0.0492. The maximum atomic E-state index is 11.7. The van der Waals surface area contributed by atoms with E-state index in [-0.39, 0.29) is 11.9 Å². The molecule has 18 heavy (non-hydrogen) atoms. The molecule has 2 N–H and O–H groups in total. The molecule has 5 heteroatoms. The maximum Gasteiger partial charge on any atom is 0.236 e. The minimum atomic E-state index is -0.138. The number of hydrogen-bond acceptors (Lipinski definition) is 4. The lowest BCUT2D eigenvalue weighted by Gasteiger charge is -2.24. The van der Waals surface area contributed by atoms with E-state index in [1.165, 1.54) is 19.4 Å². The second-order valence-electron chi connectivity index (χ2n) is 4.84. The second kappa shape index (κ2) is 8.45. The molecule has 1 heterocycles. The van der Waals surface area contributed by atoms with Crippen LogP contribution in [-0.4, -0.2) is 62.8 Å². The van der Waals surface area contributed by atoms with Crippen molar-refractivity contribution in [3.05, 3.63) is 0 Å². The second-order valence-corrected chi connectivity index (χ2v) is 4.84. The van der Waals surface area contributed by atoms with Crippen molar-refractivity contribution in [1.29, 1.82) is 0 Å². The maximum absolute atomic E-state index is 11.7. The predicted octanol–water partition coefficient (Wildman–Crippen LogP) is 0.211. The van der Waals surface area contributed by atoms with Crippen molar-refractivity contribution in [2.24, 2.45) is 0 Å². The Bertz CT molecular complexity index is 248. The van der Waals surface area contributed by atoms with Crippen LogP contribution in [0.15, 0.2) is 0 Å². The Kier molecular flexibility index (Phi) is 7.23. The molecule has 1 saturated heterocycles. The molecule has 0 radical (unpaired) electrons. The Balaban J connectivity index is 2.19. The van der Waals surface area contributed by atoms with E-state index < -0.39 is 0 Å². The molecule has 0 aliphatic carbocycles. The Morgan fingerprint density at radius 1 is 1.56 bits per heavy atom. The molecule has 1 rings (SSSR count). The van der Waals surface area contributed by atoms with Crippen LogP contribution in [0.4, 0.5) is 0 Å². The molecular formula is C13H27N3O2. The number of nitrogens with one attached hydrogen (secondary N) is 2. The summed E-state index contributed by atoms with van der Waals surface area (Å²) in [6, 6.07) is 0.449. The van der Waals surface area contributed by atoms with Crippen molar-refractivity contribution >= 4 is 5.91 Å². The van der Waals surface area contributed by atoms with E-state index >= 15 is 0 Å². The first-order valence-electron chi connectivity index (χ1n) is 6.93. The molecule has 0 saturated carbocycles. The zero-order valence-corrected chi connectivity index (χ0v) is 11.9. The standard InChI is InChI=1S/C13H27N3O2/c1-4-16-8-5-6-12(16)10-15-11(2)13(17)14-7-9-18-3/h11-12,15H,4-10H2,1-3H3,(H,14,17). The lowest BCUT2D eigenvalue weighted by Crippen LogP contribution is -2.47. The molecule has 0 spiro atoms. The number of likely N-dealkylation sites (tertiary alicyclic amines) is 1. The fourth-order valence-electron chi connectivity index (χ4n) is 2.38. The van der Waals surface area contributed by atoms with Crippen LogP contribution in [-0.2, 0) is 9.53 Å². The van der Waals surface area contributed by atoms with Gasteiger partial charge >= 0.3 is 0 Å². The molecule has 1 amide bonds. The average Bonchev–Trinajstić information content (AvgIpc) is 2.83. The van der Waals surface area contributed by atoms with Crippen LogP contribution in [0, 0.1) is 0 Å². The van der Waals surface area contributed by atoms with Crippen molar-refractivity contribution in [2.45, 2.75) is 38.8 Å². The van der Waals surface area contributed by atoms with Crippen LogP contribution in [0.5, 0.6) is 0 Å². The number of ether oxygens (including phenoxy) is 1. The number of carbonyl (C=O) groups excluding carboxylic acids is 1. The summed E-state index contributed by atoms with van der Waals surface area (Å²) in [5.74, 6) is 0.0492. The number of likely N-dealkylation sites (N-methyl/N-ethyl adjacent to an activating group) is 1. The van der Waals surface area contributed by atoms with Crippen molar-refractivity contribution < 1.29 is 9.53 Å². The summed E-state index contributed by atoms with van der Waals surface area (Å²) in [5.41, 5.74) is 0. The molecule has 2 unspecified atom stereocenters. The molecule has 0 aromatic carbocycles. The van der Waals surface area contributed by atoms with E-state index in [1.807, 2.05) is 6.92 Å². The van der Waals surface area contributed by atoms with E-state index in [9.17, 15) is 4.79 Å². The fourth-order valence-corrected chi connectivity index (χ4v) is 2.38. The normalized spacial score (nSPS) is 22.1. The van der Waals surface area contributed by atoms with Crippen LogP contribution < -0.4 is 10.6 Å². The predicted molar refractivity (Wildman–Crippen MR) is 72.6 cm³/mol. The topological polar surface area (TPSA) is 53.6 Å². The highest BCUT2D eigenvalue weighted by Crippen LogP contribution is 2.15. The Hall–Kier alpha value is -0.650. The molecule has 0 aromatic rings. The van der Waals surface area contributed by atoms with Crippen LogP contribution >= 0.6 is 0 Å². The van der Waals surface area contributed by atoms with Crippen molar-refractivity contribution in [1.82, 2.24) is 15.5 Å². The Morgan fingerprint density at radius 2 is 2.33 bits per heavy atom. The third-order valence-corrected chi connectivity index (χ3v) is 3.56. The first-order chi connectivity index (χ1) is 8.69. The highest BCUT2D eigenvalue weighted by Gasteiger charge is 2.23. The van der Waals surface area contributed by atoms with E-state index in [0.717, 1.165) is 13.1 Å². The summed E-state index contributed by atoms with van der Waals surface area (Å²) in [4.78, 5) is 14.2. The zero-order chi connectivity index (χ0) is 13.4. The third kappa shape index (κ3) is 4.92. The molecular weight excluding hydrogens is 230 g/mol. The molecule has 0 bridgehead atoms. The third-order valence-electron chi connectivity index (χ3n) is 3.56. The van der Waals surface area contributed by atoms with E-state index in [0.29, 0.717) is 19.2 Å². The first-order valence-corrected chi connectivity index (χ1v) is 6.93. The molecule has 1 aliphatic heterocycles. The number of methoxy groups -OCH3 is 1. The molecule has 0 aromatic heterocycles. The largest absolute Gasteiger partial charge is 0.383 e. The van der Waals surface area contributed by atoms with Gasteiger partial charge < -0.3 is 15.4 Å². The summed E-state index contributed by atoms with van der Waals surface area (Å²) >= 11 is 0. The number of hydrogen-bond donors (Lipinski definition) is 2. The van der Waals surface area contributed by atoms with Gasteiger partial charge in [0.1, 0.15) is 0 Å². The van der Waals surface area contributed by atoms with Gasteiger partial charge in [-0.2, -0.15) is 0 Å². The Labute approximate surface area is 110 Å². The van der Waals surface area contributed by atoms with Gasteiger partial charge in [-0.25, -0.2) is 0 Å². The van der Waals surface area contributed by atoms with Crippen molar-refractivity contribution in [3.8, 4) is 0 Å². The fraction of sp³-hybridized carbons (Fsp3) is 0.923. The van der Waals surface area contributed by atoms with Gasteiger partial charge in [0.05, 0.1) is 12.6 Å². The molecule has 5 nitrogen and oxygen atoms in total. The monoisotopic (exact) mass is 257 g/mol. The summed E-state index contributed by atoms with van der Waals surface area (Å²) in [6.45, 7) is 8.42. The van der Waals surface area contributed by atoms with E-state index in [1.54, 1.807) is 7.11 Å². The average molecular weight is 257 g/mol. The zero-order valence-electron chi connectivity index (χ0n) is 11.9. The lowest BCUT2D eigenvalue weighted by atomic mass is 10.2. The van der Waals surface area contributed by atoms with Crippen molar-refractivity contribution in [3.63, 3.8) is 0 Å². The van der Waals surface area contributed by atoms with Gasteiger partial charge in [0.25, 0.3) is 0 Å². The van der Waals surface area contributed by atoms with Gasteiger partial charge in [0.15, 0.2) is 0 Å². The lowest BCUT2D eigenvalue weighted by molar-refractivity contribution is -0.123. The molecule has 2 atom stereocenters. The van der Waals surface area contributed by atoms with Gasteiger partial charge in [-0.1, -0.05) is 6.92 Å². The van der Waals surface area contributed by atoms with Gasteiger partial charge in [-0.15, -0.1) is 0 Å².